The average molecular weight is 261 g/mol. The lowest BCUT2D eigenvalue weighted by Gasteiger charge is -2.15. The van der Waals surface area contributed by atoms with Crippen molar-refractivity contribution in [3.63, 3.8) is 0 Å². The van der Waals surface area contributed by atoms with Crippen LogP contribution in [0.5, 0.6) is 0 Å². The van der Waals surface area contributed by atoms with Crippen molar-refractivity contribution in [3.05, 3.63) is 22.6 Å². The van der Waals surface area contributed by atoms with Crippen molar-refractivity contribution in [1.29, 1.82) is 0 Å². The highest BCUT2D eigenvalue weighted by Crippen LogP contribution is 2.22. The van der Waals surface area contributed by atoms with Crippen molar-refractivity contribution < 1.29 is 13.2 Å². The van der Waals surface area contributed by atoms with Crippen LogP contribution in [-0.2, 0) is 0 Å². The van der Waals surface area contributed by atoms with Gasteiger partial charge in [-0.05, 0) is 19.1 Å². The summed E-state index contributed by atoms with van der Waals surface area (Å²) in [6, 6.07) is 2.10. The summed E-state index contributed by atoms with van der Waals surface area (Å²) in [6.07, 6.45) is -5.23. The van der Waals surface area contributed by atoms with Crippen molar-refractivity contribution >= 4 is 11.5 Å². The summed E-state index contributed by atoms with van der Waals surface area (Å²) in [5.41, 5.74) is -0.244. The molecule has 0 amide bonds. The molecule has 1 atom stereocenters. The number of anilines is 1. The summed E-state index contributed by atoms with van der Waals surface area (Å²) in [5, 5.41) is 12.2. The zero-order valence-electron chi connectivity index (χ0n) is 9.32. The Labute approximate surface area is 98.8 Å². The van der Waals surface area contributed by atoms with E-state index in [4.69, 9.17) is 0 Å². The second-order valence-electron chi connectivity index (χ2n) is 3.88. The van der Waals surface area contributed by atoms with E-state index in [0.717, 1.165) is 4.52 Å². The number of nitrogens with one attached hydrogen (secondary N) is 2. The third-order valence-electron chi connectivity index (χ3n) is 2.21. The zero-order chi connectivity index (χ0) is 13.3. The van der Waals surface area contributed by atoms with Crippen molar-refractivity contribution in [2.24, 2.45) is 0 Å². The molecule has 2 aromatic heterocycles. The monoisotopic (exact) mass is 261 g/mol. The number of hydrogen-bond acceptors (Lipinski definition) is 4. The van der Waals surface area contributed by atoms with E-state index in [2.05, 4.69) is 20.6 Å². The Kier molecular flexibility index (Phi) is 2.97. The first-order valence-corrected chi connectivity index (χ1v) is 5.13. The van der Waals surface area contributed by atoms with Gasteiger partial charge in [-0.1, -0.05) is 0 Å². The lowest BCUT2D eigenvalue weighted by atomic mass is 10.2. The van der Waals surface area contributed by atoms with Crippen LogP contribution < -0.4 is 11.0 Å². The minimum atomic E-state index is -4.25. The molecule has 0 aliphatic carbocycles. The number of H-pyrrole nitrogens is 1. The van der Waals surface area contributed by atoms with Crippen LogP contribution in [-0.4, -0.2) is 32.0 Å². The van der Waals surface area contributed by atoms with Crippen molar-refractivity contribution in [1.82, 2.24) is 19.8 Å². The second kappa shape index (κ2) is 4.31. The zero-order valence-corrected chi connectivity index (χ0v) is 9.32. The first kappa shape index (κ1) is 12.4. The van der Waals surface area contributed by atoms with E-state index in [9.17, 15) is 18.0 Å². The number of nitrogens with zero attached hydrogens (tertiary/aromatic N) is 3. The Morgan fingerprint density at radius 1 is 1.50 bits per heavy atom. The molecule has 1 unspecified atom stereocenters. The van der Waals surface area contributed by atoms with Gasteiger partial charge in [0.15, 0.2) is 5.65 Å². The molecule has 0 radical (unpaired) electrons. The van der Waals surface area contributed by atoms with Crippen molar-refractivity contribution in [3.8, 4) is 0 Å². The Hall–Kier alpha value is -2.06. The van der Waals surface area contributed by atoms with Crippen molar-refractivity contribution in [2.75, 3.05) is 5.32 Å². The molecule has 0 aromatic carbocycles. The summed E-state index contributed by atoms with van der Waals surface area (Å²) in [5.74, 6) is 0.183. The fourth-order valence-corrected chi connectivity index (χ4v) is 1.53. The predicted octanol–water partition coefficient (Wildman–Crippen LogP) is 1.17. The van der Waals surface area contributed by atoms with Gasteiger partial charge in [0, 0.05) is 6.04 Å². The minimum absolute atomic E-state index is 0.183. The average Bonchev–Trinajstić information content (AvgIpc) is 2.57. The lowest BCUT2D eigenvalue weighted by Crippen LogP contribution is -2.25. The molecule has 2 N–H and O–H groups in total. The number of halogens is 3. The molecule has 9 heteroatoms. The fourth-order valence-electron chi connectivity index (χ4n) is 1.53. The molecule has 0 aliphatic rings. The second-order valence-corrected chi connectivity index (χ2v) is 3.88. The fraction of sp³-hybridized carbons (Fsp3) is 0.444. The minimum Gasteiger partial charge on any atom is -0.366 e. The molecular weight excluding hydrogens is 251 g/mol. The maximum atomic E-state index is 12.1. The van der Waals surface area contributed by atoms with Gasteiger partial charge in [0.2, 0.25) is 0 Å². The van der Waals surface area contributed by atoms with Crippen LogP contribution in [0.1, 0.15) is 13.3 Å². The van der Waals surface area contributed by atoms with E-state index in [1.807, 2.05) is 0 Å². The highest BCUT2D eigenvalue weighted by molar-refractivity contribution is 5.43. The first-order chi connectivity index (χ1) is 8.35. The van der Waals surface area contributed by atoms with E-state index in [1.165, 1.54) is 19.1 Å². The maximum Gasteiger partial charge on any atom is 0.391 e. The quantitative estimate of drug-likeness (QED) is 0.869. The summed E-state index contributed by atoms with van der Waals surface area (Å²) in [4.78, 5) is 11.2. The largest absolute Gasteiger partial charge is 0.391 e. The van der Waals surface area contributed by atoms with Gasteiger partial charge in [-0.2, -0.15) is 22.8 Å². The van der Waals surface area contributed by atoms with Crippen LogP contribution in [0.4, 0.5) is 19.0 Å². The highest BCUT2D eigenvalue weighted by Gasteiger charge is 2.30. The van der Waals surface area contributed by atoms with Crippen LogP contribution in [0.15, 0.2) is 16.9 Å². The summed E-state index contributed by atoms with van der Waals surface area (Å²) in [6.45, 7) is 1.39. The number of hydrogen-bond donors (Lipinski definition) is 2. The summed E-state index contributed by atoms with van der Waals surface area (Å²) >= 11 is 0. The Morgan fingerprint density at radius 3 is 2.89 bits per heavy atom. The first-order valence-electron chi connectivity index (χ1n) is 5.13. The molecule has 0 saturated heterocycles. The Bertz CT molecular complexity index is 602. The molecular formula is C9H10F3N5O. The van der Waals surface area contributed by atoms with Gasteiger partial charge < -0.3 is 5.32 Å². The van der Waals surface area contributed by atoms with Gasteiger partial charge in [-0.3, -0.25) is 0 Å². The summed E-state index contributed by atoms with van der Waals surface area (Å²) in [7, 11) is 0. The van der Waals surface area contributed by atoms with Crippen LogP contribution >= 0.6 is 0 Å². The van der Waals surface area contributed by atoms with E-state index in [0.29, 0.717) is 5.65 Å². The molecule has 0 bridgehead atoms. The third-order valence-corrected chi connectivity index (χ3v) is 2.21. The standard InChI is InChI=1S/C9H10F3N5O/c1-5(4-9(10,11)12)13-6-2-3-7-14-15-8(18)17(7)16-6/h2-3,5H,4H2,1H3,(H,13,16)(H,15,18). The predicted molar refractivity (Wildman–Crippen MR) is 57.4 cm³/mol. The van der Waals surface area contributed by atoms with Gasteiger partial charge in [0.1, 0.15) is 5.82 Å². The smallest absolute Gasteiger partial charge is 0.366 e. The molecule has 2 aromatic rings. The third kappa shape index (κ3) is 2.79. The van der Waals surface area contributed by atoms with Gasteiger partial charge in [-0.25, -0.2) is 9.89 Å². The lowest BCUT2D eigenvalue weighted by molar-refractivity contribution is -0.136. The van der Waals surface area contributed by atoms with Gasteiger partial charge in [0.05, 0.1) is 6.42 Å². The SMILES string of the molecule is CC(CC(F)(F)F)Nc1ccc2n[nH]c(=O)n2n1. The topological polar surface area (TPSA) is 75.1 Å². The van der Waals surface area contributed by atoms with Crippen molar-refractivity contribution in [2.45, 2.75) is 25.6 Å². The van der Waals surface area contributed by atoms with Crippen LogP contribution in [0.2, 0.25) is 0 Å². The van der Waals surface area contributed by atoms with Gasteiger partial charge in [-0.15, -0.1) is 5.10 Å². The van der Waals surface area contributed by atoms with E-state index >= 15 is 0 Å². The van der Waals surface area contributed by atoms with E-state index in [-0.39, 0.29) is 5.82 Å². The van der Waals surface area contributed by atoms with Gasteiger partial charge >= 0.3 is 11.9 Å². The van der Waals surface area contributed by atoms with Crippen LogP contribution in [0.25, 0.3) is 5.65 Å². The number of alkyl halides is 3. The molecule has 2 heterocycles. The van der Waals surface area contributed by atoms with E-state index in [1.54, 1.807) is 0 Å². The highest BCUT2D eigenvalue weighted by atomic mass is 19.4. The molecule has 0 spiro atoms. The number of fused-ring (bicyclic) bond motifs is 1. The normalized spacial score (nSPS) is 13.8. The van der Waals surface area contributed by atoms with Gasteiger partial charge in [0.25, 0.3) is 0 Å². The molecule has 98 valence electrons. The number of aromatic amines is 1. The molecule has 0 aliphatic heterocycles. The van der Waals surface area contributed by atoms with E-state index < -0.39 is 24.3 Å². The molecule has 6 nitrogen and oxygen atoms in total. The molecule has 0 fully saturated rings. The number of aromatic nitrogens is 4. The Balaban J connectivity index is 2.16. The van der Waals surface area contributed by atoms with Crippen LogP contribution in [0.3, 0.4) is 0 Å². The Morgan fingerprint density at radius 2 is 2.22 bits per heavy atom. The molecule has 0 saturated carbocycles. The number of rotatable bonds is 3. The van der Waals surface area contributed by atoms with Crippen LogP contribution in [0, 0.1) is 0 Å². The molecule has 2 rings (SSSR count). The molecule has 18 heavy (non-hydrogen) atoms. The summed E-state index contributed by atoms with van der Waals surface area (Å²) < 4.78 is 37.4. The maximum absolute atomic E-state index is 12.1.